The number of anilines is 2. The number of likely N-dealkylation sites (tertiary alicyclic amines) is 1. The third-order valence-electron chi connectivity index (χ3n) is 7.85. The quantitative estimate of drug-likeness (QED) is 0.405. The lowest BCUT2D eigenvalue weighted by Gasteiger charge is -2.34. The molecule has 1 saturated heterocycles. The summed E-state index contributed by atoms with van der Waals surface area (Å²) in [6.07, 6.45) is 12.7. The molecule has 10 nitrogen and oxygen atoms in total. The van der Waals surface area contributed by atoms with Crippen LogP contribution in [0.25, 0.3) is 11.2 Å². The number of nitrogens with two attached hydrogens (primary N) is 1. The first-order valence-electron chi connectivity index (χ1n) is 13.9. The van der Waals surface area contributed by atoms with Crippen molar-refractivity contribution in [1.29, 1.82) is 0 Å². The molecule has 3 heterocycles. The number of piperidine rings is 1. The first-order chi connectivity index (χ1) is 17.2. The second-order valence-corrected chi connectivity index (χ2v) is 12.0. The van der Waals surface area contributed by atoms with Crippen molar-refractivity contribution in [3.8, 4) is 0 Å². The smallest absolute Gasteiger partial charge is 0.317 e. The number of halogens is 2. The van der Waals surface area contributed by atoms with E-state index >= 15 is 0 Å². The first kappa shape index (κ1) is 30.5. The van der Waals surface area contributed by atoms with E-state index in [1.54, 1.807) is 0 Å². The normalized spacial score (nSPS) is 23.0. The summed E-state index contributed by atoms with van der Waals surface area (Å²) in [5.41, 5.74) is 7.64. The number of carbonyl (C=O) groups is 1. The van der Waals surface area contributed by atoms with Gasteiger partial charge in [0.25, 0.3) is 0 Å². The summed E-state index contributed by atoms with van der Waals surface area (Å²) in [5, 5.41) is 10.4. The minimum atomic E-state index is -0.232. The van der Waals surface area contributed by atoms with Gasteiger partial charge in [-0.15, -0.1) is 24.8 Å². The Labute approximate surface area is 238 Å². The molecule has 0 bridgehead atoms. The molecule has 0 spiro atoms. The molecule has 5 rings (SSSR count). The summed E-state index contributed by atoms with van der Waals surface area (Å²) in [4.78, 5) is 29.1. The van der Waals surface area contributed by atoms with Crippen LogP contribution in [0.3, 0.4) is 0 Å². The van der Waals surface area contributed by atoms with E-state index in [2.05, 4.69) is 20.5 Å². The van der Waals surface area contributed by atoms with Gasteiger partial charge in [-0.1, -0.05) is 12.8 Å². The molecule has 12 heteroatoms. The third kappa shape index (κ3) is 7.33. The van der Waals surface area contributed by atoms with Gasteiger partial charge in [-0.05, 0) is 72.1 Å². The summed E-state index contributed by atoms with van der Waals surface area (Å²) in [5.74, 6) is 1.47. The maximum atomic E-state index is 12.6. The van der Waals surface area contributed by atoms with Crippen LogP contribution in [0.4, 0.5) is 16.6 Å². The molecule has 0 radical (unpaired) electrons. The molecule has 0 aromatic carbocycles. The molecule has 3 aliphatic rings. The standard InChI is InChI=1S/C26H43N9O.2ClH/c1-26(2,3)33-25(36)34-14-12-19(13-15-34)29-22-21-23(35(16-28-21)20-6-4-5-7-20)32-24(31-22)30-18-10-8-17(27)9-11-18;;/h16-20H,4-15,27H2,1-3H3,(H,33,36)(H2,29,30,31,32);2*1H. The Morgan fingerprint density at radius 1 is 0.921 bits per heavy atom. The number of aromatic nitrogens is 4. The van der Waals surface area contributed by atoms with Gasteiger partial charge < -0.3 is 31.2 Å². The maximum Gasteiger partial charge on any atom is 0.317 e. The fourth-order valence-corrected chi connectivity index (χ4v) is 5.80. The highest BCUT2D eigenvalue weighted by Gasteiger charge is 2.28. The van der Waals surface area contributed by atoms with E-state index in [0.29, 0.717) is 24.1 Å². The second-order valence-electron chi connectivity index (χ2n) is 12.0. The summed E-state index contributed by atoms with van der Waals surface area (Å²) in [6.45, 7) is 7.47. The maximum absolute atomic E-state index is 12.6. The number of imidazole rings is 1. The van der Waals surface area contributed by atoms with E-state index in [1.807, 2.05) is 32.0 Å². The van der Waals surface area contributed by atoms with Gasteiger partial charge in [-0.3, -0.25) is 0 Å². The van der Waals surface area contributed by atoms with E-state index in [-0.39, 0.29) is 42.4 Å². The molecule has 5 N–H and O–H groups in total. The third-order valence-corrected chi connectivity index (χ3v) is 7.85. The minimum Gasteiger partial charge on any atom is -0.365 e. The Morgan fingerprint density at radius 2 is 1.55 bits per heavy atom. The molecule has 214 valence electrons. The monoisotopic (exact) mass is 569 g/mol. The van der Waals surface area contributed by atoms with Crippen molar-refractivity contribution in [1.82, 2.24) is 29.7 Å². The van der Waals surface area contributed by atoms with Crippen LogP contribution in [-0.2, 0) is 0 Å². The molecule has 1 aliphatic heterocycles. The highest BCUT2D eigenvalue weighted by Crippen LogP contribution is 2.34. The molecule has 2 saturated carbocycles. The van der Waals surface area contributed by atoms with Crippen LogP contribution in [0, 0.1) is 0 Å². The molecular weight excluding hydrogens is 525 g/mol. The fourth-order valence-electron chi connectivity index (χ4n) is 5.80. The number of hydrogen-bond donors (Lipinski definition) is 4. The van der Waals surface area contributed by atoms with Crippen molar-refractivity contribution in [3.63, 3.8) is 0 Å². The number of nitrogens with one attached hydrogen (secondary N) is 3. The molecule has 2 aliphatic carbocycles. The molecule has 0 unspecified atom stereocenters. The largest absolute Gasteiger partial charge is 0.365 e. The van der Waals surface area contributed by atoms with Gasteiger partial charge in [0.15, 0.2) is 17.0 Å². The minimum absolute atomic E-state index is 0. The Bertz CT molecular complexity index is 1050. The van der Waals surface area contributed by atoms with E-state index in [9.17, 15) is 4.79 Å². The van der Waals surface area contributed by atoms with Gasteiger partial charge in [0.1, 0.15) is 0 Å². The lowest BCUT2D eigenvalue weighted by Crippen LogP contribution is -2.51. The van der Waals surface area contributed by atoms with E-state index in [4.69, 9.17) is 20.7 Å². The topological polar surface area (TPSA) is 126 Å². The summed E-state index contributed by atoms with van der Waals surface area (Å²) >= 11 is 0. The highest BCUT2D eigenvalue weighted by atomic mass is 35.5. The molecule has 2 amide bonds. The number of amides is 2. The fraction of sp³-hybridized carbons (Fsp3) is 0.769. The van der Waals surface area contributed by atoms with Crippen molar-refractivity contribution in [2.45, 2.75) is 115 Å². The van der Waals surface area contributed by atoms with Crippen LogP contribution in [0.2, 0.25) is 0 Å². The molecule has 38 heavy (non-hydrogen) atoms. The second kappa shape index (κ2) is 12.9. The van der Waals surface area contributed by atoms with Crippen molar-refractivity contribution >= 4 is 53.8 Å². The zero-order chi connectivity index (χ0) is 25.3. The molecule has 0 atom stereocenters. The Balaban J connectivity index is 0.00000200. The number of urea groups is 1. The number of fused-ring (bicyclic) bond motifs is 1. The summed E-state index contributed by atoms with van der Waals surface area (Å²) in [6, 6.07) is 1.37. The molecule has 3 fully saturated rings. The van der Waals surface area contributed by atoms with Gasteiger partial charge >= 0.3 is 6.03 Å². The van der Waals surface area contributed by atoms with Crippen LogP contribution in [-0.4, -0.2) is 67.2 Å². The van der Waals surface area contributed by atoms with Crippen molar-refractivity contribution in [2.24, 2.45) is 5.73 Å². The first-order valence-corrected chi connectivity index (χ1v) is 13.9. The van der Waals surface area contributed by atoms with Gasteiger partial charge in [-0.2, -0.15) is 9.97 Å². The molecule has 2 aromatic heterocycles. The number of hydrogen-bond acceptors (Lipinski definition) is 7. The summed E-state index contributed by atoms with van der Waals surface area (Å²) < 4.78 is 2.26. The Morgan fingerprint density at radius 3 is 2.18 bits per heavy atom. The van der Waals surface area contributed by atoms with Crippen LogP contribution >= 0.6 is 24.8 Å². The average Bonchev–Trinajstić information content (AvgIpc) is 3.50. The summed E-state index contributed by atoms with van der Waals surface area (Å²) in [7, 11) is 0. The van der Waals surface area contributed by atoms with Crippen LogP contribution < -0.4 is 21.7 Å². The van der Waals surface area contributed by atoms with E-state index in [1.165, 1.54) is 25.7 Å². The zero-order valence-corrected chi connectivity index (χ0v) is 24.5. The Kier molecular flexibility index (Phi) is 10.3. The number of rotatable bonds is 5. The highest BCUT2D eigenvalue weighted by molar-refractivity contribution is 5.86. The van der Waals surface area contributed by atoms with Gasteiger partial charge in [-0.25, -0.2) is 9.78 Å². The van der Waals surface area contributed by atoms with Crippen LogP contribution in [0.1, 0.15) is 91.0 Å². The van der Waals surface area contributed by atoms with Crippen molar-refractivity contribution in [3.05, 3.63) is 6.33 Å². The van der Waals surface area contributed by atoms with E-state index < -0.39 is 0 Å². The van der Waals surface area contributed by atoms with E-state index in [0.717, 1.165) is 68.6 Å². The zero-order valence-electron chi connectivity index (χ0n) is 22.9. The molecular formula is C26H45Cl2N9O. The van der Waals surface area contributed by atoms with Crippen molar-refractivity contribution in [2.75, 3.05) is 23.7 Å². The lowest BCUT2D eigenvalue weighted by molar-refractivity contribution is 0.175. The SMILES string of the molecule is CC(C)(C)NC(=O)N1CCC(Nc2nc(NC3CCC(N)CC3)nc3c2ncn3C2CCCC2)CC1.Cl.Cl. The van der Waals surface area contributed by atoms with Gasteiger partial charge in [0, 0.05) is 42.8 Å². The number of nitrogens with zero attached hydrogens (tertiary/aromatic N) is 5. The number of carbonyl (C=O) groups excluding carboxylic acids is 1. The Hall–Kier alpha value is -2.04. The predicted molar refractivity (Wildman–Crippen MR) is 158 cm³/mol. The van der Waals surface area contributed by atoms with Crippen LogP contribution in [0.5, 0.6) is 0 Å². The lowest BCUT2D eigenvalue weighted by atomic mass is 9.92. The predicted octanol–water partition coefficient (Wildman–Crippen LogP) is 4.85. The molecule has 2 aromatic rings. The van der Waals surface area contributed by atoms with Crippen LogP contribution in [0.15, 0.2) is 6.33 Å². The average molecular weight is 571 g/mol. The van der Waals surface area contributed by atoms with Gasteiger partial charge in [0.05, 0.1) is 6.33 Å². The van der Waals surface area contributed by atoms with Crippen molar-refractivity contribution < 1.29 is 4.79 Å². The van der Waals surface area contributed by atoms with Gasteiger partial charge in [0.2, 0.25) is 5.95 Å².